The number of rotatable bonds is 8. The van der Waals surface area contributed by atoms with Crippen LogP contribution in [0.1, 0.15) is 27.2 Å². The molecule has 6 heteroatoms. The fraction of sp³-hybridized carbons (Fsp3) is 0.571. The van der Waals surface area contributed by atoms with E-state index in [1.165, 1.54) is 0 Å². The molecule has 0 spiro atoms. The van der Waals surface area contributed by atoms with Gasteiger partial charge in [-0.1, -0.05) is 19.9 Å². The third kappa shape index (κ3) is 6.77. The zero-order valence-electron chi connectivity index (χ0n) is 12.3. The summed E-state index contributed by atoms with van der Waals surface area (Å²) in [7, 11) is -3.31. The topological polar surface area (TPSA) is 81.4 Å². The normalized spacial score (nSPS) is 13.4. The van der Waals surface area contributed by atoms with Crippen LogP contribution in [0.25, 0.3) is 0 Å². The molecule has 0 aliphatic rings. The molecule has 0 amide bonds. The Bertz CT molecular complexity index is 515. The van der Waals surface area contributed by atoms with Crippen LogP contribution in [0.15, 0.2) is 24.3 Å². The van der Waals surface area contributed by atoms with E-state index in [9.17, 15) is 8.42 Å². The lowest BCUT2D eigenvalue weighted by molar-refractivity contribution is 0.340. The van der Waals surface area contributed by atoms with Crippen molar-refractivity contribution in [3.05, 3.63) is 24.3 Å². The van der Waals surface area contributed by atoms with E-state index in [0.717, 1.165) is 6.42 Å². The van der Waals surface area contributed by atoms with E-state index in [4.69, 9.17) is 10.5 Å². The minimum Gasteiger partial charge on any atom is -0.492 e. The molecule has 3 N–H and O–H groups in total. The van der Waals surface area contributed by atoms with Crippen molar-refractivity contribution in [3.8, 4) is 5.75 Å². The Morgan fingerprint density at radius 2 is 2.00 bits per heavy atom. The van der Waals surface area contributed by atoms with Crippen LogP contribution in [0.5, 0.6) is 5.75 Å². The number of nitrogen functional groups attached to an aromatic ring is 1. The minimum atomic E-state index is -3.31. The Labute approximate surface area is 121 Å². The maximum Gasteiger partial charge on any atom is 0.215 e. The molecule has 0 saturated carbocycles. The third-order valence-corrected chi connectivity index (χ3v) is 4.15. The molecule has 0 aliphatic heterocycles. The molecular formula is C14H24N2O3S. The van der Waals surface area contributed by atoms with Crippen molar-refractivity contribution in [2.24, 2.45) is 5.92 Å². The molecule has 5 nitrogen and oxygen atoms in total. The summed E-state index contributed by atoms with van der Waals surface area (Å²) in [6, 6.07) is 6.87. The van der Waals surface area contributed by atoms with Crippen molar-refractivity contribution in [2.75, 3.05) is 18.1 Å². The van der Waals surface area contributed by atoms with Crippen LogP contribution >= 0.6 is 0 Å². The van der Waals surface area contributed by atoms with Gasteiger partial charge in [0.05, 0.1) is 5.75 Å². The van der Waals surface area contributed by atoms with Crippen LogP contribution in [0.2, 0.25) is 0 Å². The summed E-state index contributed by atoms with van der Waals surface area (Å²) in [5.41, 5.74) is 6.21. The molecule has 1 unspecified atom stereocenters. The van der Waals surface area contributed by atoms with Gasteiger partial charge in [0.1, 0.15) is 12.4 Å². The molecule has 0 aliphatic carbocycles. The van der Waals surface area contributed by atoms with E-state index in [2.05, 4.69) is 18.6 Å². The van der Waals surface area contributed by atoms with Crippen molar-refractivity contribution < 1.29 is 13.2 Å². The zero-order valence-corrected chi connectivity index (χ0v) is 13.1. The molecule has 1 rings (SSSR count). The van der Waals surface area contributed by atoms with Crippen LogP contribution in [0.4, 0.5) is 5.69 Å². The molecule has 20 heavy (non-hydrogen) atoms. The third-order valence-electron chi connectivity index (χ3n) is 2.68. The van der Waals surface area contributed by atoms with Crippen molar-refractivity contribution in [3.63, 3.8) is 0 Å². The summed E-state index contributed by atoms with van der Waals surface area (Å²) in [5, 5.41) is 0. The molecule has 1 aromatic rings. The van der Waals surface area contributed by atoms with Crippen LogP contribution < -0.4 is 15.2 Å². The Morgan fingerprint density at radius 3 is 2.60 bits per heavy atom. The largest absolute Gasteiger partial charge is 0.492 e. The zero-order chi connectivity index (χ0) is 15.2. The van der Waals surface area contributed by atoms with Crippen LogP contribution in [0.3, 0.4) is 0 Å². The van der Waals surface area contributed by atoms with Gasteiger partial charge in [0.15, 0.2) is 0 Å². The highest BCUT2D eigenvalue weighted by Gasteiger charge is 2.15. The molecule has 0 radical (unpaired) electrons. The second-order valence-electron chi connectivity index (χ2n) is 5.39. The van der Waals surface area contributed by atoms with Gasteiger partial charge in [-0.05, 0) is 31.4 Å². The van der Waals surface area contributed by atoms with Crippen LogP contribution in [-0.4, -0.2) is 26.8 Å². The summed E-state index contributed by atoms with van der Waals surface area (Å²) in [4.78, 5) is 0. The molecule has 0 bridgehead atoms. The quantitative estimate of drug-likeness (QED) is 0.720. The van der Waals surface area contributed by atoms with Gasteiger partial charge in [0, 0.05) is 17.8 Å². The Balaban J connectivity index is 2.40. The van der Waals surface area contributed by atoms with Crippen molar-refractivity contribution >= 4 is 15.7 Å². The second kappa shape index (κ2) is 7.50. The maximum absolute atomic E-state index is 11.9. The number of ether oxygens (including phenoxy) is 1. The Morgan fingerprint density at radius 1 is 1.30 bits per heavy atom. The lowest BCUT2D eigenvalue weighted by atomic mass is 10.1. The molecule has 114 valence electrons. The van der Waals surface area contributed by atoms with Crippen molar-refractivity contribution in [1.29, 1.82) is 0 Å². The van der Waals surface area contributed by atoms with Crippen LogP contribution in [-0.2, 0) is 10.0 Å². The predicted molar refractivity (Wildman–Crippen MR) is 82.2 cm³/mol. The SMILES string of the molecule is CC(C)CC(C)NS(=O)(=O)CCOc1cccc(N)c1. The number of anilines is 1. The van der Waals surface area contributed by atoms with Crippen LogP contribution in [0, 0.1) is 5.92 Å². The van der Waals surface area contributed by atoms with Gasteiger partial charge in [0.25, 0.3) is 0 Å². The summed E-state index contributed by atoms with van der Waals surface area (Å²) >= 11 is 0. The number of nitrogens with one attached hydrogen (secondary N) is 1. The highest BCUT2D eigenvalue weighted by atomic mass is 32.2. The maximum atomic E-state index is 11.9. The van der Waals surface area contributed by atoms with Gasteiger partial charge >= 0.3 is 0 Å². The van der Waals surface area contributed by atoms with Gasteiger partial charge in [0.2, 0.25) is 10.0 Å². The molecular weight excluding hydrogens is 276 g/mol. The van der Waals surface area contributed by atoms with E-state index in [1.807, 2.05) is 6.92 Å². The molecule has 0 fully saturated rings. The Hall–Kier alpha value is -1.27. The summed E-state index contributed by atoms with van der Waals surface area (Å²) in [6.07, 6.45) is 0.815. The average molecular weight is 300 g/mol. The van der Waals surface area contributed by atoms with Crippen molar-refractivity contribution in [1.82, 2.24) is 4.72 Å². The first-order valence-electron chi connectivity index (χ1n) is 6.77. The highest BCUT2D eigenvalue weighted by Crippen LogP contribution is 2.14. The smallest absolute Gasteiger partial charge is 0.215 e. The number of benzene rings is 1. The first kappa shape index (κ1) is 16.8. The predicted octanol–water partition coefficient (Wildman–Crippen LogP) is 2.00. The molecule has 0 aromatic heterocycles. The molecule has 1 aromatic carbocycles. The number of hydrogen-bond acceptors (Lipinski definition) is 4. The lowest BCUT2D eigenvalue weighted by Crippen LogP contribution is -2.36. The number of nitrogens with two attached hydrogens (primary N) is 1. The van der Waals surface area contributed by atoms with Gasteiger partial charge in [-0.2, -0.15) is 0 Å². The van der Waals surface area contributed by atoms with E-state index >= 15 is 0 Å². The first-order chi connectivity index (χ1) is 9.28. The first-order valence-corrected chi connectivity index (χ1v) is 8.42. The highest BCUT2D eigenvalue weighted by molar-refractivity contribution is 7.89. The van der Waals surface area contributed by atoms with Gasteiger partial charge in [-0.3, -0.25) is 0 Å². The molecule has 0 heterocycles. The lowest BCUT2D eigenvalue weighted by Gasteiger charge is -2.16. The van der Waals surface area contributed by atoms with E-state index in [1.54, 1.807) is 24.3 Å². The fourth-order valence-electron chi connectivity index (χ4n) is 1.99. The van der Waals surface area contributed by atoms with Gasteiger partial charge in [-0.15, -0.1) is 0 Å². The van der Waals surface area contributed by atoms with E-state index < -0.39 is 10.0 Å². The van der Waals surface area contributed by atoms with E-state index in [-0.39, 0.29) is 18.4 Å². The average Bonchev–Trinajstić information content (AvgIpc) is 2.26. The number of sulfonamides is 1. The standard InChI is InChI=1S/C14H24N2O3S/c1-11(2)9-12(3)16-20(17,18)8-7-19-14-6-4-5-13(15)10-14/h4-6,10-12,16H,7-9,15H2,1-3H3. The Kier molecular flexibility index (Phi) is 6.29. The fourth-order valence-corrected chi connectivity index (χ4v) is 3.12. The molecule has 1 atom stereocenters. The molecule has 0 saturated heterocycles. The van der Waals surface area contributed by atoms with E-state index in [0.29, 0.717) is 17.4 Å². The minimum absolute atomic E-state index is 0.0626. The van der Waals surface area contributed by atoms with Crippen molar-refractivity contribution in [2.45, 2.75) is 33.2 Å². The summed E-state index contributed by atoms with van der Waals surface area (Å²) in [5.74, 6) is 0.969. The summed E-state index contributed by atoms with van der Waals surface area (Å²) in [6.45, 7) is 6.10. The number of hydrogen-bond donors (Lipinski definition) is 2. The monoisotopic (exact) mass is 300 g/mol. The van der Waals surface area contributed by atoms with Gasteiger partial charge < -0.3 is 10.5 Å². The van der Waals surface area contributed by atoms with Gasteiger partial charge in [-0.25, -0.2) is 13.1 Å². The second-order valence-corrected chi connectivity index (χ2v) is 7.26. The summed E-state index contributed by atoms with van der Waals surface area (Å²) < 4.78 is 31.8.